The normalized spacial score (nSPS) is 12.6. The maximum absolute atomic E-state index is 9.10. The zero-order valence-electron chi connectivity index (χ0n) is 11.9. The van der Waals surface area contributed by atoms with E-state index in [1.807, 2.05) is 33.2 Å². The number of likely N-dealkylation sites (N-methyl/N-ethyl adjacent to an activating group) is 1. The molecule has 4 heteroatoms. The highest BCUT2D eigenvalue weighted by molar-refractivity contribution is 5.52. The molecule has 0 spiro atoms. The van der Waals surface area contributed by atoms with Gasteiger partial charge in [-0.3, -0.25) is 0 Å². The van der Waals surface area contributed by atoms with Crippen LogP contribution in [0.5, 0.6) is 0 Å². The van der Waals surface area contributed by atoms with Gasteiger partial charge in [0, 0.05) is 18.3 Å². The van der Waals surface area contributed by atoms with Crippen LogP contribution in [-0.2, 0) is 0 Å². The van der Waals surface area contributed by atoms with Gasteiger partial charge in [-0.2, -0.15) is 5.26 Å². The molecule has 0 aliphatic rings. The molecular weight excluding hydrogens is 224 g/mol. The van der Waals surface area contributed by atoms with Crippen LogP contribution in [0.15, 0.2) is 12.1 Å². The van der Waals surface area contributed by atoms with Crippen molar-refractivity contribution in [3.63, 3.8) is 0 Å². The lowest BCUT2D eigenvalue weighted by molar-refractivity contribution is 0.344. The summed E-state index contributed by atoms with van der Waals surface area (Å²) >= 11 is 0. The number of rotatable bonds is 5. The summed E-state index contributed by atoms with van der Waals surface area (Å²) in [5.41, 5.74) is 1.52. The molecule has 0 saturated heterocycles. The van der Waals surface area contributed by atoms with E-state index in [1.165, 1.54) is 0 Å². The molecule has 1 unspecified atom stereocenters. The Kier molecular flexibility index (Phi) is 5.11. The van der Waals surface area contributed by atoms with E-state index in [9.17, 15) is 0 Å². The maximum Gasteiger partial charge on any atom is 0.144 e. The highest BCUT2D eigenvalue weighted by Gasteiger charge is 2.16. The van der Waals surface area contributed by atoms with E-state index < -0.39 is 0 Å². The van der Waals surface area contributed by atoms with Crippen molar-refractivity contribution in [1.82, 2.24) is 9.88 Å². The predicted octanol–water partition coefficient (Wildman–Crippen LogP) is 2.26. The first-order valence-corrected chi connectivity index (χ1v) is 6.23. The molecule has 0 radical (unpaired) electrons. The molecule has 0 aromatic carbocycles. The van der Waals surface area contributed by atoms with E-state index >= 15 is 0 Å². The Labute approximate surface area is 110 Å². The largest absolute Gasteiger partial charge is 0.365 e. The summed E-state index contributed by atoms with van der Waals surface area (Å²) in [6.07, 6.45) is 0. The smallest absolute Gasteiger partial charge is 0.144 e. The molecule has 18 heavy (non-hydrogen) atoms. The predicted molar refractivity (Wildman–Crippen MR) is 74.5 cm³/mol. The first kappa shape index (κ1) is 14.5. The van der Waals surface area contributed by atoms with Gasteiger partial charge in [0.2, 0.25) is 0 Å². The Bertz CT molecular complexity index is 432. The fourth-order valence-electron chi connectivity index (χ4n) is 1.75. The lowest BCUT2D eigenvalue weighted by atomic mass is 10.0. The second kappa shape index (κ2) is 6.36. The Balaban J connectivity index is 2.93. The van der Waals surface area contributed by atoms with Gasteiger partial charge in [-0.05, 0) is 39.1 Å². The molecule has 1 aromatic rings. The Morgan fingerprint density at radius 1 is 1.39 bits per heavy atom. The minimum atomic E-state index is 0.279. The number of aromatic nitrogens is 1. The van der Waals surface area contributed by atoms with Gasteiger partial charge < -0.3 is 10.2 Å². The number of pyridine rings is 1. The standard InChI is InChI=1S/C14H22N4/c1-10(2)13(9-18(4)5)17-14-12(8-15)7-6-11(3)16-14/h6-7,10,13H,9H2,1-5H3,(H,16,17). The molecule has 0 aliphatic heterocycles. The number of hydrogen-bond acceptors (Lipinski definition) is 4. The van der Waals surface area contributed by atoms with Crippen LogP contribution in [0.4, 0.5) is 5.82 Å². The van der Waals surface area contributed by atoms with Gasteiger partial charge in [-0.25, -0.2) is 4.98 Å². The molecule has 0 amide bonds. The van der Waals surface area contributed by atoms with E-state index in [2.05, 4.69) is 35.1 Å². The van der Waals surface area contributed by atoms with Gasteiger partial charge in [0.25, 0.3) is 0 Å². The third-order valence-electron chi connectivity index (χ3n) is 2.84. The molecule has 1 rings (SSSR count). The van der Waals surface area contributed by atoms with Crippen molar-refractivity contribution in [1.29, 1.82) is 5.26 Å². The molecule has 0 saturated carbocycles. The summed E-state index contributed by atoms with van der Waals surface area (Å²) in [5.74, 6) is 1.17. The summed E-state index contributed by atoms with van der Waals surface area (Å²) in [4.78, 5) is 6.56. The van der Waals surface area contributed by atoms with Crippen LogP contribution in [0.2, 0.25) is 0 Å². The average molecular weight is 246 g/mol. The third kappa shape index (κ3) is 4.01. The van der Waals surface area contributed by atoms with Crippen LogP contribution in [0.3, 0.4) is 0 Å². The zero-order valence-corrected chi connectivity index (χ0v) is 11.9. The lowest BCUT2D eigenvalue weighted by Gasteiger charge is -2.26. The monoisotopic (exact) mass is 246 g/mol. The topological polar surface area (TPSA) is 52.0 Å². The highest BCUT2D eigenvalue weighted by atomic mass is 15.1. The fourth-order valence-corrected chi connectivity index (χ4v) is 1.75. The number of hydrogen-bond donors (Lipinski definition) is 1. The SMILES string of the molecule is Cc1ccc(C#N)c(NC(CN(C)C)C(C)C)n1. The summed E-state index contributed by atoms with van der Waals surface area (Å²) in [7, 11) is 4.10. The minimum Gasteiger partial charge on any atom is -0.365 e. The first-order valence-electron chi connectivity index (χ1n) is 6.23. The molecule has 1 atom stereocenters. The minimum absolute atomic E-state index is 0.279. The van der Waals surface area contributed by atoms with E-state index in [1.54, 1.807) is 0 Å². The van der Waals surface area contributed by atoms with Crippen molar-refractivity contribution in [2.45, 2.75) is 26.8 Å². The molecule has 0 fully saturated rings. The van der Waals surface area contributed by atoms with E-state index in [4.69, 9.17) is 5.26 Å². The van der Waals surface area contributed by atoms with Crippen LogP contribution in [0.25, 0.3) is 0 Å². The number of anilines is 1. The van der Waals surface area contributed by atoms with Crippen molar-refractivity contribution >= 4 is 5.82 Å². The molecule has 1 aromatic heterocycles. The Morgan fingerprint density at radius 2 is 2.06 bits per heavy atom. The van der Waals surface area contributed by atoms with E-state index in [0.29, 0.717) is 17.3 Å². The fraction of sp³-hybridized carbons (Fsp3) is 0.571. The first-order chi connectivity index (χ1) is 8.43. The number of nitrogens with one attached hydrogen (secondary N) is 1. The molecule has 0 aliphatic carbocycles. The summed E-state index contributed by atoms with van der Waals surface area (Å²) < 4.78 is 0. The van der Waals surface area contributed by atoms with Crippen molar-refractivity contribution < 1.29 is 0 Å². The van der Waals surface area contributed by atoms with E-state index in [0.717, 1.165) is 12.2 Å². The summed E-state index contributed by atoms with van der Waals surface area (Å²) in [6, 6.07) is 6.14. The van der Waals surface area contributed by atoms with Gasteiger partial charge in [-0.15, -0.1) is 0 Å². The molecule has 98 valence electrons. The highest BCUT2D eigenvalue weighted by Crippen LogP contribution is 2.16. The molecule has 1 heterocycles. The molecule has 0 bridgehead atoms. The second-order valence-electron chi connectivity index (χ2n) is 5.22. The Hall–Kier alpha value is -1.60. The number of nitriles is 1. The zero-order chi connectivity index (χ0) is 13.7. The van der Waals surface area contributed by atoms with Crippen molar-refractivity contribution in [2.75, 3.05) is 26.0 Å². The van der Waals surface area contributed by atoms with Crippen molar-refractivity contribution in [3.8, 4) is 6.07 Å². The van der Waals surface area contributed by atoms with Gasteiger partial charge in [-0.1, -0.05) is 13.8 Å². The summed E-state index contributed by atoms with van der Waals surface area (Å²) in [5, 5.41) is 12.5. The van der Waals surface area contributed by atoms with Gasteiger partial charge in [0.15, 0.2) is 0 Å². The average Bonchev–Trinajstić information content (AvgIpc) is 2.27. The van der Waals surface area contributed by atoms with Crippen LogP contribution >= 0.6 is 0 Å². The maximum atomic E-state index is 9.10. The Morgan fingerprint density at radius 3 is 2.56 bits per heavy atom. The van der Waals surface area contributed by atoms with Crippen LogP contribution < -0.4 is 5.32 Å². The van der Waals surface area contributed by atoms with Crippen LogP contribution in [0, 0.1) is 24.2 Å². The van der Waals surface area contributed by atoms with Crippen molar-refractivity contribution in [2.24, 2.45) is 5.92 Å². The quantitative estimate of drug-likeness (QED) is 0.866. The van der Waals surface area contributed by atoms with Gasteiger partial charge >= 0.3 is 0 Å². The number of nitrogens with zero attached hydrogens (tertiary/aromatic N) is 3. The van der Waals surface area contributed by atoms with Gasteiger partial charge in [0.05, 0.1) is 5.56 Å². The van der Waals surface area contributed by atoms with Crippen LogP contribution in [0.1, 0.15) is 25.1 Å². The molecule has 1 N–H and O–H groups in total. The third-order valence-corrected chi connectivity index (χ3v) is 2.84. The van der Waals surface area contributed by atoms with E-state index in [-0.39, 0.29) is 6.04 Å². The molecule has 4 nitrogen and oxygen atoms in total. The number of aryl methyl sites for hydroxylation is 1. The van der Waals surface area contributed by atoms with Crippen LogP contribution in [-0.4, -0.2) is 36.6 Å². The van der Waals surface area contributed by atoms with Gasteiger partial charge in [0.1, 0.15) is 11.9 Å². The van der Waals surface area contributed by atoms with Crippen molar-refractivity contribution in [3.05, 3.63) is 23.4 Å². The summed E-state index contributed by atoms with van der Waals surface area (Å²) in [6.45, 7) is 7.19. The molecular formula is C14H22N4. The second-order valence-corrected chi connectivity index (χ2v) is 5.22. The lowest BCUT2D eigenvalue weighted by Crippen LogP contribution is -2.37.